The second-order valence-electron chi connectivity index (χ2n) is 5.15. The lowest BCUT2D eigenvalue weighted by Gasteiger charge is -2.16. The summed E-state index contributed by atoms with van der Waals surface area (Å²) in [7, 11) is 3.22. The number of nitrogens with zero attached hydrogens (tertiary/aromatic N) is 4. The number of hydroxylamine groups is 4. The number of hydrogen-bond donors (Lipinski definition) is 5. The van der Waals surface area contributed by atoms with Crippen LogP contribution in [0.15, 0.2) is 37.6 Å². The van der Waals surface area contributed by atoms with Gasteiger partial charge in [-0.3, -0.25) is 20.7 Å². The van der Waals surface area contributed by atoms with Gasteiger partial charge in [0.1, 0.15) is 5.82 Å². The maximum Gasteiger partial charge on any atom is 0.188 e. The quantitative estimate of drug-likeness (QED) is 0.196. The molecule has 1 aliphatic heterocycles. The minimum Gasteiger partial charge on any atom is -0.370 e. The number of guanidine groups is 1. The summed E-state index contributed by atoms with van der Waals surface area (Å²) in [5.41, 5.74) is 10.7. The Morgan fingerprint density at radius 2 is 2.31 bits per heavy atom. The Labute approximate surface area is 158 Å². The molecule has 0 radical (unpaired) electrons. The van der Waals surface area contributed by atoms with Crippen LogP contribution in [-0.2, 0) is 4.94 Å². The van der Waals surface area contributed by atoms with Gasteiger partial charge in [0, 0.05) is 20.6 Å². The number of rotatable bonds is 5. The van der Waals surface area contributed by atoms with Gasteiger partial charge in [-0.1, -0.05) is 0 Å². The fraction of sp³-hybridized carbons (Fsp3) is 0.357. The lowest BCUT2D eigenvalue weighted by molar-refractivity contribution is -0.144. The summed E-state index contributed by atoms with van der Waals surface area (Å²) in [5.74, 6) is 0.492. The molecule has 142 valence electrons. The monoisotopic (exact) mass is 430 g/mol. The van der Waals surface area contributed by atoms with E-state index in [1.807, 2.05) is 5.48 Å². The van der Waals surface area contributed by atoms with E-state index < -0.39 is 11.9 Å². The molecule has 0 aliphatic carbocycles. The standard InChI is InChI=1S/C14H20BrFN8O2/c1-18-14(17)20-6-5-19-12-11(24(2)26-23-12)13(22-25)21-8-3-4-10(16)9(15)7-8/h3-4,7,11,25H,5-6H2,1-2H3,(H,19,23)(H,21,22)(H3,17,18,20). The zero-order valence-electron chi connectivity index (χ0n) is 14.2. The van der Waals surface area contributed by atoms with Crippen LogP contribution in [0.5, 0.6) is 0 Å². The molecule has 10 nitrogen and oxygen atoms in total. The second kappa shape index (κ2) is 9.43. The van der Waals surface area contributed by atoms with Crippen LogP contribution in [0.2, 0.25) is 0 Å². The predicted octanol–water partition coefficient (Wildman–Crippen LogP) is 0.280. The molecule has 1 heterocycles. The van der Waals surface area contributed by atoms with Gasteiger partial charge in [0.25, 0.3) is 0 Å². The summed E-state index contributed by atoms with van der Waals surface area (Å²) in [6.07, 6.45) is 0. The van der Waals surface area contributed by atoms with Crippen molar-refractivity contribution in [1.82, 2.24) is 21.3 Å². The van der Waals surface area contributed by atoms with Crippen molar-refractivity contribution in [3.8, 4) is 0 Å². The molecule has 0 bridgehead atoms. The lowest BCUT2D eigenvalue weighted by atomic mass is 10.2. The highest BCUT2D eigenvalue weighted by Crippen LogP contribution is 2.23. The summed E-state index contributed by atoms with van der Waals surface area (Å²) in [6, 6.07) is 3.63. The lowest BCUT2D eigenvalue weighted by Crippen LogP contribution is -2.44. The van der Waals surface area contributed by atoms with Crippen LogP contribution in [0.25, 0.3) is 0 Å². The molecule has 1 aliphatic rings. The van der Waals surface area contributed by atoms with Crippen LogP contribution in [-0.4, -0.2) is 61.1 Å². The molecule has 6 N–H and O–H groups in total. The van der Waals surface area contributed by atoms with Crippen LogP contribution in [0, 0.1) is 5.82 Å². The minimum absolute atomic E-state index is 0.150. The second-order valence-corrected chi connectivity index (χ2v) is 6.01. The van der Waals surface area contributed by atoms with Crippen molar-refractivity contribution >= 4 is 39.2 Å². The van der Waals surface area contributed by atoms with E-state index in [-0.39, 0.29) is 10.3 Å². The summed E-state index contributed by atoms with van der Waals surface area (Å²) >= 11 is 3.10. The van der Waals surface area contributed by atoms with E-state index in [9.17, 15) is 9.60 Å². The van der Waals surface area contributed by atoms with Crippen molar-refractivity contribution in [3.05, 3.63) is 28.5 Å². The van der Waals surface area contributed by atoms with E-state index >= 15 is 0 Å². The van der Waals surface area contributed by atoms with Crippen molar-refractivity contribution in [2.75, 3.05) is 27.2 Å². The number of nitrogens with two attached hydrogens (primary N) is 1. The van der Waals surface area contributed by atoms with Gasteiger partial charge in [-0.25, -0.2) is 14.9 Å². The van der Waals surface area contributed by atoms with Gasteiger partial charge < -0.3 is 11.1 Å². The summed E-state index contributed by atoms with van der Waals surface area (Å²) in [5, 5.41) is 13.8. The average molecular weight is 431 g/mol. The van der Waals surface area contributed by atoms with E-state index in [2.05, 4.69) is 41.7 Å². The van der Waals surface area contributed by atoms with Gasteiger partial charge >= 0.3 is 0 Å². The van der Waals surface area contributed by atoms with E-state index in [0.29, 0.717) is 30.6 Å². The molecule has 1 aromatic carbocycles. The van der Waals surface area contributed by atoms with Crippen LogP contribution in [0.1, 0.15) is 0 Å². The molecule has 1 fully saturated rings. The fourth-order valence-electron chi connectivity index (χ4n) is 2.10. The van der Waals surface area contributed by atoms with E-state index in [4.69, 9.17) is 10.7 Å². The maximum atomic E-state index is 13.4. The molecule has 12 heteroatoms. The number of benzene rings is 1. The molecular weight excluding hydrogens is 411 g/mol. The third-order valence-corrected chi connectivity index (χ3v) is 3.99. The van der Waals surface area contributed by atoms with Crippen molar-refractivity contribution in [1.29, 1.82) is 0 Å². The third-order valence-electron chi connectivity index (χ3n) is 3.38. The van der Waals surface area contributed by atoms with Gasteiger partial charge in [-0.05, 0) is 34.1 Å². The van der Waals surface area contributed by atoms with Crippen LogP contribution >= 0.6 is 15.9 Å². The third kappa shape index (κ3) is 5.11. The summed E-state index contributed by atoms with van der Waals surface area (Å²) in [6.45, 7) is 0.849. The molecule has 1 saturated heterocycles. The molecule has 0 spiro atoms. The van der Waals surface area contributed by atoms with Gasteiger partial charge in [0.05, 0.1) is 16.7 Å². The molecule has 1 aromatic rings. The first kappa shape index (κ1) is 20.0. The minimum atomic E-state index is -0.610. The van der Waals surface area contributed by atoms with Crippen molar-refractivity contribution in [2.24, 2.45) is 20.7 Å². The van der Waals surface area contributed by atoms with E-state index in [1.54, 1.807) is 14.1 Å². The first-order chi connectivity index (χ1) is 12.5. The normalized spacial score (nSPS) is 20.3. The maximum absolute atomic E-state index is 13.4. The number of likely N-dealkylation sites (N-methyl/N-ethyl adjacent to an activating group) is 1. The average Bonchev–Trinajstić information content (AvgIpc) is 3.00. The predicted molar refractivity (Wildman–Crippen MR) is 99.7 cm³/mol. The Kier molecular flexibility index (Phi) is 7.26. The molecule has 0 saturated carbocycles. The van der Waals surface area contributed by atoms with Crippen molar-refractivity contribution < 1.29 is 14.5 Å². The molecular formula is C14H20BrFN8O2. The summed E-state index contributed by atoms with van der Waals surface area (Å²) < 4.78 is 13.6. The Morgan fingerprint density at radius 3 is 2.96 bits per heavy atom. The van der Waals surface area contributed by atoms with Gasteiger partial charge in [-0.2, -0.15) is 4.94 Å². The molecule has 0 aromatic heterocycles. The molecule has 1 unspecified atom stereocenters. The highest BCUT2D eigenvalue weighted by molar-refractivity contribution is 9.10. The topological polar surface area (TPSA) is 132 Å². The van der Waals surface area contributed by atoms with Crippen LogP contribution in [0.3, 0.4) is 0 Å². The Hall–Kier alpha value is -2.28. The number of nitrogens with one attached hydrogen (secondary N) is 3. The fourth-order valence-corrected chi connectivity index (χ4v) is 2.47. The number of aliphatic imine (C=N–C) groups is 3. The zero-order chi connectivity index (χ0) is 19.1. The van der Waals surface area contributed by atoms with Crippen LogP contribution in [0.4, 0.5) is 10.1 Å². The SMILES string of the molecule is CN=C(N)NCCN=C1NON(C)C1C(=Nc1ccc(F)c(Br)c1)NO. The molecule has 0 amide bonds. The van der Waals surface area contributed by atoms with E-state index in [1.165, 1.54) is 23.3 Å². The van der Waals surface area contributed by atoms with Gasteiger partial charge in [0.2, 0.25) is 0 Å². The van der Waals surface area contributed by atoms with Crippen LogP contribution < -0.4 is 22.0 Å². The summed E-state index contributed by atoms with van der Waals surface area (Å²) in [4.78, 5) is 17.7. The smallest absolute Gasteiger partial charge is 0.188 e. The Balaban J connectivity index is 2.17. The highest BCUT2D eigenvalue weighted by atomic mass is 79.9. The number of halogens is 2. The van der Waals surface area contributed by atoms with Crippen molar-refractivity contribution in [2.45, 2.75) is 6.04 Å². The van der Waals surface area contributed by atoms with Gasteiger partial charge in [0.15, 0.2) is 23.7 Å². The number of amidine groups is 2. The Bertz CT molecular complexity index is 727. The van der Waals surface area contributed by atoms with Gasteiger partial charge in [-0.15, -0.1) is 5.06 Å². The Morgan fingerprint density at radius 1 is 1.54 bits per heavy atom. The zero-order valence-corrected chi connectivity index (χ0v) is 15.8. The first-order valence-corrected chi connectivity index (χ1v) is 8.35. The molecule has 26 heavy (non-hydrogen) atoms. The first-order valence-electron chi connectivity index (χ1n) is 7.56. The highest BCUT2D eigenvalue weighted by Gasteiger charge is 2.34. The number of hydrogen-bond acceptors (Lipinski definition) is 6. The van der Waals surface area contributed by atoms with Crippen molar-refractivity contribution in [3.63, 3.8) is 0 Å². The largest absolute Gasteiger partial charge is 0.370 e. The van der Waals surface area contributed by atoms with E-state index in [0.717, 1.165) is 0 Å². The molecule has 1 atom stereocenters. The molecule has 2 rings (SSSR count).